The zero-order chi connectivity index (χ0) is 26.1. The number of hydrogen-bond acceptors (Lipinski definition) is 0. The molecule has 186 valence electrons. The summed E-state index contributed by atoms with van der Waals surface area (Å²) in [5.74, 6) is -23.5. The van der Waals surface area contributed by atoms with Crippen molar-refractivity contribution in [2.75, 3.05) is 0 Å². The standard InChI is InChI=1S/C22H14F10I2/c1-3-5-7(33)9(11-13(23)17(27)21(31)18(28)14(11)24)10(8(34)6-4-2)12-15(25)19(29)22(32)20(30)16(12)26/h3-6H2,1-2H3/b9-7+,10-8+. The lowest BCUT2D eigenvalue weighted by Crippen LogP contribution is -2.12. The molecule has 34 heavy (non-hydrogen) atoms. The molecule has 12 heteroatoms. The van der Waals surface area contributed by atoms with E-state index in [0.29, 0.717) is 0 Å². The van der Waals surface area contributed by atoms with E-state index in [9.17, 15) is 43.9 Å². The van der Waals surface area contributed by atoms with E-state index in [1.165, 1.54) is 45.2 Å². The molecule has 0 amide bonds. The molecular weight excluding hydrogens is 708 g/mol. The second-order valence-electron chi connectivity index (χ2n) is 6.95. The van der Waals surface area contributed by atoms with Crippen LogP contribution in [-0.4, -0.2) is 0 Å². The fourth-order valence-corrected chi connectivity index (χ4v) is 5.29. The number of hydrogen-bond donors (Lipinski definition) is 0. The molecule has 0 aliphatic carbocycles. The molecule has 2 aromatic rings. The van der Waals surface area contributed by atoms with E-state index in [1.807, 2.05) is 0 Å². The van der Waals surface area contributed by atoms with Crippen LogP contribution in [0.1, 0.15) is 50.7 Å². The molecule has 0 aliphatic rings. The predicted octanol–water partition coefficient (Wildman–Crippen LogP) is 9.67. The number of allylic oxidation sites excluding steroid dienone is 4. The Kier molecular flexibility index (Phi) is 9.87. The highest BCUT2D eigenvalue weighted by Gasteiger charge is 2.35. The summed E-state index contributed by atoms with van der Waals surface area (Å²) in [4.78, 5) is 0. The molecule has 0 bridgehead atoms. The van der Waals surface area contributed by atoms with Gasteiger partial charge in [0.25, 0.3) is 0 Å². The first kappa shape index (κ1) is 28.9. The Morgan fingerprint density at radius 1 is 0.441 bits per heavy atom. The van der Waals surface area contributed by atoms with Crippen LogP contribution in [0.3, 0.4) is 0 Å². The minimum absolute atomic E-state index is 0.0651. The molecule has 2 rings (SSSR count). The van der Waals surface area contributed by atoms with E-state index < -0.39 is 80.4 Å². The van der Waals surface area contributed by atoms with Crippen molar-refractivity contribution in [1.29, 1.82) is 0 Å². The molecular formula is C22H14F10I2. The van der Waals surface area contributed by atoms with Crippen LogP contribution in [0.5, 0.6) is 0 Å². The maximum Gasteiger partial charge on any atom is 0.200 e. The van der Waals surface area contributed by atoms with Crippen molar-refractivity contribution in [3.05, 3.63) is 76.5 Å². The zero-order valence-corrected chi connectivity index (χ0v) is 21.7. The van der Waals surface area contributed by atoms with Crippen LogP contribution < -0.4 is 0 Å². The fraction of sp³-hybridized carbons (Fsp3) is 0.273. The molecule has 0 N–H and O–H groups in total. The molecule has 0 saturated carbocycles. The van der Waals surface area contributed by atoms with Crippen LogP contribution in [0.4, 0.5) is 43.9 Å². The molecule has 0 aromatic heterocycles. The van der Waals surface area contributed by atoms with E-state index in [2.05, 4.69) is 0 Å². The number of halogens is 12. The van der Waals surface area contributed by atoms with Crippen LogP contribution >= 0.6 is 45.2 Å². The van der Waals surface area contributed by atoms with Gasteiger partial charge >= 0.3 is 0 Å². The van der Waals surface area contributed by atoms with Gasteiger partial charge in [0.1, 0.15) is 0 Å². The lowest BCUT2D eigenvalue weighted by molar-refractivity contribution is 0.375. The number of rotatable bonds is 7. The highest BCUT2D eigenvalue weighted by Crippen LogP contribution is 2.47. The summed E-state index contributed by atoms with van der Waals surface area (Å²) in [5, 5.41) is 0. The summed E-state index contributed by atoms with van der Waals surface area (Å²) in [6.45, 7) is 3.18. The van der Waals surface area contributed by atoms with Crippen LogP contribution in [0.2, 0.25) is 0 Å². The van der Waals surface area contributed by atoms with Crippen molar-refractivity contribution in [2.45, 2.75) is 39.5 Å². The van der Waals surface area contributed by atoms with Gasteiger partial charge < -0.3 is 0 Å². The van der Waals surface area contributed by atoms with Gasteiger partial charge in [0.05, 0.1) is 11.1 Å². The summed E-state index contributed by atoms with van der Waals surface area (Å²) >= 11 is 2.97. The lowest BCUT2D eigenvalue weighted by atomic mass is 9.88. The minimum Gasteiger partial charge on any atom is -0.203 e. The third-order valence-electron chi connectivity index (χ3n) is 4.65. The highest BCUT2D eigenvalue weighted by atomic mass is 127. The van der Waals surface area contributed by atoms with E-state index >= 15 is 0 Å². The quantitative estimate of drug-likeness (QED) is 0.0879. The Balaban J connectivity index is 3.22. The average Bonchev–Trinajstić information content (AvgIpc) is 2.80. The number of benzene rings is 2. The third kappa shape index (κ3) is 5.12. The van der Waals surface area contributed by atoms with Gasteiger partial charge in [-0.15, -0.1) is 0 Å². The minimum atomic E-state index is -2.46. The Morgan fingerprint density at radius 3 is 0.853 bits per heavy atom. The van der Waals surface area contributed by atoms with Crippen molar-refractivity contribution in [1.82, 2.24) is 0 Å². The second-order valence-corrected chi connectivity index (χ2v) is 9.55. The largest absolute Gasteiger partial charge is 0.203 e. The van der Waals surface area contributed by atoms with Crippen LogP contribution in [0, 0.1) is 58.2 Å². The summed E-state index contributed by atoms with van der Waals surface area (Å²) < 4.78 is 143. The van der Waals surface area contributed by atoms with Crippen LogP contribution in [-0.2, 0) is 0 Å². The van der Waals surface area contributed by atoms with Gasteiger partial charge in [-0.3, -0.25) is 0 Å². The molecule has 0 unspecified atom stereocenters. The summed E-state index contributed by atoms with van der Waals surface area (Å²) in [6.07, 6.45) is 0.381. The SMILES string of the molecule is CCC/C(I)=C(/C(=C(\I)CCC)c1c(F)c(F)c(F)c(F)c1F)c1c(F)c(F)c(F)c(F)c1F. The van der Waals surface area contributed by atoms with E-state index in [4.69, 9.17) is 0 Å². The van der Waals surface area contributed by atoms with Gasteiger partial charge in [0, 0.05) is 11.1 Å². The molecule has 2 aromatic carbocycles. The molecule has 0 nitrogen and oxygen atoms in total. The maximum absolute atomic E-state index is 14.8. The molecule has 0 aliphatic heterocycles. The Morgan fingerprint density at radius 2 is 0.647 bits per heavy atom. The normalized spacial score (nSPS) is 13.2. The van der Waals surface area contributed by atoms with E-state index in [1.54, 1.807) is 13.8 Å². The van der Waals surface area contributed by atoms with Gasteiger partial charge in [0.2, 0.25) is 11.6 Å². The van der Waals surface area contributed by atoms with Crippen molar-refractivity contribution in [3.8, 4) is 0 Å². The van der Waals surface area contributed by atoms with Crippen molar-refractivity contribution < 1.29 is 43.9 Å². The van der Waals surface area contributed by atoms with Crippen LogP contribution in [0.25, 0.3) is 11.1 Å². The summed E-state index contributed by atoms with van der Waals surface area (Å²) in [5.41, 5.74) is -4.76. The van der Waals surface area contributed by atoms with Gasteiger partial charge in [-0.25, -0.2) is 43.9 Å². The Labute approximate surface area is 215 Å². The van der Waals surface area contributed by atoms with Crippen molar-refractivity contribution >= 4 is 56.3 Å². The van der Waals surface area contributed by atoms with Crippen molar-refractivity contribution in [3.63, 3.8) is 0 Å². The molecule has 0 heterocycles. The van der Waals surface area contributed by atoms with Gasteiger partial charge in [0.15, 0.2) is 46.5 Å². The monoisotopic (exact) mass is 722 g/mol. The fourth-order valence-electron chi connectivity index (χ4n) is 3.13. The molecule has 0 saturated heterocycles. The maximum atomic E-state index is 14.8. The van der Waals surface area contributed by atoms with E-state index in [0.717, 1.165) is 0 Å². The highest BCUT2D eigenvalue weighted by molar-refractivity contribution is 14.1. The molecule has 0 radical (unpaired) electrons. The predicted molar refractivity (Wildman–Crippen MR) is 124 cm³/mol. The summed E-state index contributed by atoms with van der Waals surface area (Å²) in [6, 6.07) is 0. The van der Waals surface area contributed by atoms with Gasteiger partial charge in [-0.2, -0.15) is 0 Å². The first-order chi connectivity index (χ1) is 15.8. The lowest BCUT2D eigenvalue weighted by Gasteiger charge is -2.21. The first-order valence-corrected chi connectivity index (χ1v) is 11.8. The van der Waals surface area contributed by atoms with Gasteiger partial charge in [-0.05, 0) is 65.2 Å². The summed E-state index contributed by atoms with van der Waals surface area (Å²) in [7, 11) is 0. The van der Waals surface area contributed by atoms with E-state index in [-0.39, 0.29) is 32.8 Å². The topological polar surface area (TPSA) is 0 Å². The molecule has 0 spiro atoms. The Bertz CT molecular complexity index is 1050. The Hall–Kier alpha value is -1.32. The molecule has 0 atom stereocenters. The smallest absolute Gasteiger partial charge is 0.200 e. The first-order valence-electron chi connectivity index (χ1n) is 9.64. The molecule has 0 fully saturated rings. The van der Waals surface area contributed by atoms with Crippen LogP contribution in [0.15, 0.2) is 7.16 Å². The average molecular weight is 722 g/mol. The van der Waals surface area contributed by atoms with Crippen molar-refractivity contribution in [2.24, 2.45) is 0 Å². The zero-order valence-electron chi connectivity index (χ0n) is 17.4. The third-order valence-corrected chi connectivity index (χ3v) is 6.81. The second kappa shape index (κ2) is 11.6. The van der Waals surface area contributed by atoms with Gasteiger partial charge in [-0.1, -0.05) is 26.7 Å².